The summed E-state index contributed by atoms with van der Waals surface area (Å²) in [6, 6.07) is 13.8. The van der Waals surface area contributed by atoms with Crippen molar-refractivity contribution in [3.05, 3.63) is 59.7 Å². The number of rotatable bonds is 3. The topological polar surface area (TPSA) is 76.7 Å². The Balaban J connectivity index is 1.63. The van der Waals surface area contributed by atoms with Gasteiger partial charge in [0.15, 0.2) is 0 Å². The summed E-state index contributed by atoms with van der Waals surface area (Å²) < 4.78 is 10.2. The lowest BCUT2D eigenvalue weighted by atomic mass is 10.0. The van der Waals surface area contributed by atoms with E-state index in [1.165, 1.54) is 7.11 Å². The summed E-state index contributed by atoms with van der Waals surface area (Å²) in [5, 5.41) is 5.71. The molecule has 0 spiro atoms. The first-order chi connectivity index (χ1) is 11.7. The number of hydrogen-bond acceptors (Lipinski definition) is 4. The second kappa shape index (κ2) is 7.04. The van der Waals surface area contributed by atoms with Crippen LogP contribution in [0.15, 0.2) is 48.5 Å². The molecule has 1 aliphatic rings. The lowest BCUT2D eigenvalue weighted by molar-refractivity contribution is 0.0600. The maximum absolute atomic E-state index is 12.2. The number of anilines is 1. The van der Waals surface area contributed by atoms with Gasteiger partial charge in [-0.2, -0.15) is 0 Å². The first-order valence-corrected chi connectivity index (χ1v) is 7.65. The Morgan fingerprint density at radius 1 is 1.12 bits per heavy atom. The average Bonchev–Trinajstić information content (AvgIpc) is 2.62. The average molecular weight is 326 g/mol. The maximum Gasteiger partial charge on any atom is 0.337 e. The van der Waals surface area contributed by atoms with E-state index < -0.39 is 5.97 Å². The zero-order valence-corrected chi connectivity index (χ0v) is 13.2. The van der Waals surface area contributed by atoms with Crippen LogP contribution in [-0.4, -0.2) is 25.7 Å². The Morgan fingerprint density at radius 3 is 2.62 bits per heavy atom. The Hall–Kier alpha value is -3.02. The Morgan fingerprint density at radius 2 is 1.88 bits per heavy atom. The molecule has 2 aromatic rings. The van der Waals surface area contributed by atoms with Gasteiger partial charge in [-0.3, -0.25) is 0 Å². The summed E-state index contributed by atoms with van der Waals surface area (Å²) in [5.41, 5.74) is 2.00. The second-order valence-electron chi connectivity index (χ2n) is 5.39. The normalized spacial score (nSPS) is 15.6. The first kappa shape index (κ1) is 15.9. The number of benzene rings is 2. The molecule has 6 nitrogen and oxygen atoms in total. The van der Waals surface area contributed by atoms with E-state index >= 15 is 0 Å². The number of nitrogens with one attached hydrogen (secondary N) is 2. The van der Waals surface area contributed by atoms with Gasteiger partial charge in [0, 0.05) is 17.7 Å². The fraction of sp³-hybridized carbons (Fsp3) is 0.222. The highest BCUT2D eigenvalue weighted by atomic mass is 16.5. The number of urea groups is 1. The SMILES string of the molecule is COC(=O)c1ccc(NC(=O)NC2CCOc3ccccc32)cc1. The summed E-state index contributed by atoms with van der Waals surface area (Å²) in [6.07, 6.45) is 0.714. The molecule has 1 heterocycles. The Kier molecular flexibility index (Phi) is 4.65. The molecule has 1 atom stereocenters. The van der Waals surface area contributed by atoms with Crippen LogP contribution in [0.4, 0.5) is 10.5 Å². The van der Waals surface area contributed by atoms with E-state index in [1.807, 2.05) is 24.3 Å². The monoisotopic (exact) mass is 326 g/mol. The summed E-state index contributed by atoms with van der Waals surface area (Å²) in [5.74, 6) is 0.390. The Labute approximate surface area is 139 Å². The van der Waals surface area contributed by atoms with Crippen LogP contribution in [0.3, 0.4) is 0 Å². The van der Waals surface area contributed by atoms with Crippen LogP contribution in [0.25, 0.3) is 0 Å². The van der Waals surface area contributed by atoms with Crippen molar-refractivity contribution < 1.29 is 19.1 Å². The third kappa shape index (κ3) is 3.48. The number of amides is 2. The molecule has 2 N–H and O–H groups in total. The van der Waals surface area contributed by atoms with Crippen molar-refractivity contribution in [3.63, 3.8) is 0 Å². The zero-order valence-electron chi connectivity index (χ0n) is 13.2. The molecule has 2 amide bonds. The summed E-state index contributed by atoms with van der Waals surface area (Å²) in [4.78, 5) is 23.6. The fourth-order valence-corrected chi connectivity index (χ4v) is 2.62. The van der Waals surface area contributed by atoms with Crippen molar-refractivity contribution >= 4 is 17.7 Å². The summed E-state index contributed by atoms with van der Waals surface area (Å²) in [7, 11) is 1.33. The van der Waals surface area contributed by atoms with E-state index in [4.69, 9.17) is 4.74 Å². The minimum Gasteiger partial charge on any atom is -0.493 e. The van der Waals surface area contributed by atoms with Crippen molar-refractivity contribution in [2.75, 3.05) is 19.0 Å². The molecule has 3 rings (SSSR count). The molecule has 2 aromatic carbocycles. The highest BCUT2D eigenvalue weighted by Crippen LogP contribution is 2.31. The number of ether oxygens (including phenoxy) is 2. The number of carbonyl (C=O) groups is 2. The maximum atomic E-state index is 12.2. The molecule has 0 bridgehead atoms. The van der Waals surface area contributed by atoms with Crippen LogP contribution < -0.4 is 15.4 Å². The molecule has 0 aromatic heterocycles. The fourth-order valence-electron chi connectivity index (χ4n) is 2.62. The number of fused-ring (bicyclic) bond motifs is 1. The van der Waals surface area contributed by atoms with E-state index in [9.17, 15) is 9.59 Å². The molecule has 0 fully saturated rings. The van der Waals surface area contributed by atoms with Gasteiger partial charge < -0.3 is 20.1 Å². The second-order valence-corrected chi connectivity index (χ2v) is 5.39. The Bertz CT molecular complexity index is 743. The van der Waals surface area contributed by atoms with Crippen molar-refractivity contribution in [1.82, 2.24) is 5.32 Å². The number of esters is 1. The van der Waals surface area contributed by atoms with Gasteiger partial charge in [-0.05, 0) is 30.3 Å². The molecular weight excluding hydrogens is 308 g/mol. The molecule has 0 aliphatic carbocycles. The van der Waals surface area contributed by atoms with Crippen molar-refractivity contribution in [2.45, 2.75) is 12.5 Å². The van der Waals surface area contributed by atoms with Crippen LogP contribution in [0, 0.1) is 0 Å². The van der Waals surface area contributed by atoms with E-state index in [0.717, 1.165) is 11.3 Å². The number of methoxy groups -OCH3 is 1. The third-order valence-corrected chi connectivity index (χ3v) is 3.83. The van der Waals surface area contributed by atoms with Crippen LogP contribution in [-0.2, 0) is 4.74 Å². The minimum absolute atomic E-state index is 0.0932. The van der Waals surface area contributed by atoms with Crippen LogP contribution in [0.2, 0.25) is 0 Å². The van der Waals surface area contributed by atoms with E-state index in [0.29, 0.717) is 24.3 Å². The molecule has 0 radical (unpaired) electrons. The molecule has 6 heteroatoms. The summed E-state index contributed by atoms with van der Waals surface area (Å²) >= 11 is 0. The number of carbonyl (C=O) groups excluding carboxylic acids is 2. The molecule has 24 heavy (non-hydrogen) atoms. The van der Waals surface area contributed by atoms with Gasteiger partial charge in [0.1, 0.15) is 5.75 Å². The number of hydrogen-bond donors (Lipinski definition) is 2. The zero-order chi connectivity index (χ0) is 16.9. The highest BCUT2D eigenvalue weighted by molar-refractivity contribution is 5.92. The molecule has 1 aliphatic heterocycles. The van der Waals surface area contributed by atoms with Crippen molar-refractivity contribution in [2.24, 2.45) is 0 Å². The van der Waals surface area contributed by atoms with Crippen molar-refractivity contribution in [1.29, 1.82) is 0 Å². The standard InChI is InChI=1S/C18H18N2O4/c1-23-17(21)12-6-8-13(9-7-12)19-18(22)20-15-10-11-24-16-5-3-2-4-14(15)16/h2-9,15H,10-11H2,1H3,(H2,19,20,22). The molecule has 0 saturated heterocycles. The van der Waals surface area contributed by atoms with E-state index in [2.05, 4.69) is 15.4 Å². The predicted octanol–water partition coefficient (Wildman–Crippen LogP) is 3.12. The lowest BCUT2D eigenvalue weighted by Gasteiger charge is -2.26. The lowest BCUT2D eigenvalue weighted by Crippen LogP contribution is -2.35. The molecule has 124 valence electrons. The van der Waals surface area contributed by atoms with Gasteiger partial charge in [-0.15, -0.1) is 0 Å². The van der Waals surface area contributed by atoms with Crippen LogP contribution in [0.5, 0.6) is 5.75 Å². The minimum atomic E-state index is -0.412. The van der Waals surface area contributed by atoms with E-state index in [-0.39, 0.29) is 12.1 Å². The predicted molar refractivity (Wildman–Crippen MR) is 89.2 cm³/mol. The number of para-hydroxylation sites is 1. The first-order valence-electron chi connectivity index (χ1n) is 7.65. The highest BCUT2D eigenvalue weighted by Gasteiger charge is 2.22. The van der Waals surface area contributed by atoms with Crippen LogP contribution >= 0.6 is 0 Å². The smallest absolute Gasteiger partial charge is 0.337 e. The van der Waals surface area contributed by atoms with Gasteiger partial charge in [0.25, 0.3) is 0 Å². The summed E-state index contributed by atoms with van der Waals surface area (Å²) in [6.45, 7) is 0.565. The quantitative estimate of drug-likeness (QED) is 0.850. The molecule has 0 saturated carbocycles. The largest absolute Gasteiger partial charge is 0.493 e. The van der Waals surface area contributed by atoms with Gasteiger partial charge >= 0.3 is 12.0 Å². The van der Waals surface area contributed by atoms with Gasteiger partial charge in [-0.25, -0.2) is 9.59 Å². The third-order valence-electron chi connectivity index (χ3n) is 3.83. The van der Waals surface area contributed by atoms with Gasteiger partial charge in [0.05, 0.1) is 25.3 Å². The van der Waals surface area contributed by atoms with E-state index in [1.54, 1.807) is 24.3 Å². The molecular formula is C18H18N2O4. The van der Waals surface area contributed by atoms with Gasteiger partial charge in [-0.1, -0.05) is 18.2 Å². The van der Waals surface area contributed by atoms with Gasteiger partial charge in [0.2, 0.25) is 0 Å². The van der Waals surface area contributed by atoms with Crippen molar-refractivity contribution in [3.8, 4) is 5.75 Å². The van der Waals surface area contributed by atoms with Crippen LogP contribution in [0.1, 0.15) is 28.4 Å². The molecule has 1 unspecified atom stereocenters.